The van der Waals surface area contributed by atoms with Gasteiger partial charge in [0.25, 0.3) is 0 Å². The second-order valence-corrected chi connectivity index (χ2v) is 6.67. The van der Waals surface area contributed by atoms with Crippen LogP contribution in [0, 0.1) is 0 Å². The first kappa shape index (κ1) is 21.0. The lowest BCUT2D eigenvalue weighted by molar-refractivity contribution is -0.149. The van der Waals surface area contributed by atoms with Gasteiger partial charge in [-0.15, -0.1) is 0 Å². The summed E-state index contributed by atoms with van der Waals surface area (Å²) in [6.45, 7) is 4.15. The number of rotatable bonds is 6. The number of esters is 2. The van der Waals surface area contributed by atoms with Crippen LogP contribution >= 0.6 is 12.2 Å². The lowest BCUT2D eigenvalue weighted by Crippen LogP contribution is -2.49. The van der Waals surface area contributed by atoms with Gasteiger partial charge in [-0.2, -0.15) is 0 Å². The van der Waals surface area contributed by atoms with E-state index >= 15 is 0 Å². The highest BCUT2D eigenvalue weighted by Gasteiger charge is 2.26. The standard InChI is InChI=1S/C18H26N4O4S/c1-25-16(23)11-15(17(24)26-2)20-18(27)22-8-4-7-21(9-10-22)13-14-5-3-6-19-12-14/h3,5-6,12,15H,4,7-11,13H2,1-2H3,(H,20,27). The molecule has 1 atom stereocenters. The fraction of sp³-hybridized carbons (Fsp3) is 0.556. The molecule has 0 aromatic carbocycles. The summed E-state index contributed by atoms with van der Waals surface area (Å²) < 4.78 is 9.39. The van der Waals surface area contributed by atoms with Crippen molar-refractivity contribution in [2.75, 3.05) is 40.4 Å². The Hall–Kier alpha value is -2.26. The third-order valence-corrected chi connectivity index (χ3v) is 4.76. The molecule has 0 spiro atoms. The molecule has 1 aliphatic heterocycles. The average molecular weight is 394 g/mol. The van der Waals surface area contributed by atoms with Gasteiger partial charge in [-0.25, -0.2) is 4.79 Å². The van der Waals surface area contributed by atoms with Gasteiger partial charge in [-0.3, -0.25) is 14.7 Å². The molecule has 0 aliphatic carbocycles. The number of aromatic nitrogens is 1. The highest BCUT2D eigenvalue weighted by molar-refractivity contribution is 7.80. The van der Waals surface area contributed by atoms with Crippen LogP contribution in [0.3, 0.4) is 0 Å². The molecule has 1 fully saturated rings. The first-order valence-corrected chi connectivity index (χ1v) is 9.25. The van der Waals surface area contributed by atoms with E-state index in [4.69, 9.17) is 17.0 Å². The first-order valence-electron chi connectivity index (χ1n) is 8.84. The van der Waals surface area contributed by atoms with Crippen LogP contribution in [0.5, 0.6) is 0 Å². The molecule has 2 heterocycles. The van der Waals surface area contributed by atoms with Crippen molar-refractivity contribution >= 4 is 29.3 Å². The molecule has 0 bridgehead atoms. The Kier molecular flexibility index (Phi) is 8.41. The largest absolute Gasteiger partial charge is 0.469 e. The summed E-state index contributed by atoms with van der Waals surface area (Å²) in [4.78, 5) is 32.0. The summed E-state index contributed by atoms with van der Waals surface area (Å²) in [6.07, 6.45) is 4.46. The molecule has 27 heavy (non-hydrogen) atoms. The molecule has 1 unspecified atom stereocenters. The number of ether oxygens (including phenoxy) is 2. The molecule has 0 amide bonds. The van der Waals surface area contributed by atoms with Crippen molar-refractivity contribution in [1.82, 2.24) is 20.1 Å². The summed E-state index contributed by atoms with van der Waals surface area (Å²) in [5.41, 5.74) is 1.18. The Morgan fingerprint density at radius 3 is 2.74 bits per heavy atom. The van der Waals surface area contributed by atoms with E-state index in [1.807, 2.05) is 17.2 Å². The van der Waals surface area contributed by atoms with Gasteiger partial charge in [0.05, 0.1) is 20.6 Å². The highest BCUT2D eigenvalue weighted by atomic mass is 32.1. The molecule has 8 nitrogen and oxygen atoms in total. The topological polar surface area (TPSA) is 84.0 Å². The quantitative estimate of drug-likeness (QED) is 0.550. The Labute approximate surface area is 164 Å². The maximum atomic E-state index is 11.9. The smallest absolute Gasteiger partial charge is 0.328 e. The van der Waals surface area contributed by atoms with Gasteiger partial charge in [0, 0.05) is 45.1 Å². The van der Waals surface area contributed by atoms with Crippen molar-refractivity contribution in [3.05, 3.63) is 30.1 Å². The zero-order valence-corrected chi connectivity index (χ0v) is 16.5. The molecule has 0 radical (unpaired) electrons. The summed E-state index contributed by atoms with van der Waals surface area (Å²) in [7, 11) is 2.56. The van der Waals surface area contributed by atoms with Gasteiger partial charge in [0.2, 0.25) is 0 Å². The third-order valence-electron chi connectivity index (χ3n) is 4.39. The predicted octanol–water partition coefficient (Wildman–Crippen LogP) is 0.569. The Morgan fingerprint density at radius 2 is 2.07 bits per heavy atom. The van der Waals surface area contributed by atoms with Crippen LogP contribution in [0.1, 0.15) is 18.4 Å². The normalized spacial score (nSPS) is 16.1. The van der Waals surface area contributed by atoms with Gasteiger partial charge in [0.1, 0.15) is 6.04 Å². The number of methoxy groups -OCH3 is 2. The number of carbonyl (C=O) groups is 2. The van der Waals surface area contributed by atoms with E-state index in [1.54, 1.807) is 6.20 Å². The van der Waals surface area contributed by atoms with Crippen LogP contribution in [-0.2, 0) is 25.6 Å². The van der Waals surface area contributed by atoms with Gasteiger partial charge in [-0.05, 0) is 30.3 Å². The maximum Gasteiger partial charge on any atom is 0.328 e. The van der Waals surface area contributed by atoms with Gasteiger partial charge in [0.15, 0.2) is 5.11 Å². The molecule has 9 heteroatoms. The SMILES string of the molecule is COC(=O)CC(NC(=S)N1CCCN(Cc2cccnc2)CC1)C(=O)OC. The maximum absolute atomic E-state index is 11.9. The molecule has 148 valence electrons. The molecule has 1 aliphatic rings. The van der Waals surface area contributed by atoms with Crippen molar-refractivity contribution in [3.63, 3.8) is 0 Å². The zero-order chi connectivity index (χ0) is 19.6. The summed E-state index contributed by atoms with van der Waals surface area (Å²) >= 11 is 5.46. The molecule has 2 rings (SSSR count). The van der Waals surface area contributed by atoms with Crippen LogP contribution in [0.25, 0.3) is 0 Å². The minimum absolute atomic E-state index is 0.135. The van der Waals surface area contributed by atoms with Gasteiger partial charge < -0.3 is 19.7 Å². The van der Waals surface area contributed by atoms with Crippen LogP contribution in [0.15, 0.2) is 24.5 Å². The molecule has 1 N–H and O–H groups in total. The fourth-order valence-electron chi connectivity index (χ4n) is 2.91. The molecule has 1 saturated heterocycles. The number of thiocarbonyl (C=S) groups is 1. The second kappa shape index (κ2) is 10.8. The molecule has 1 aromatic heterocycles. The Bertz CT molecular complexity index is 644. The van der Waals surface area contributed by atoms with Crippen molar-refractivity contribution in [2.45, 2.75) is 25.4 Å². The van der Waals surface area contributed by atoms with E-state index in [1.165, 1.54) is 19.8 Å². The first-order chi connectivity index (χ1) is 13.0. The molecular weight excluding hydrogens is 368 g/mol. The number of hydrogen-bond acceptors (Lipinski definition) is 7. The van der Waals surface area contributed by atoms with E-state index in [-0.39, 0.29) is 6.42 Å². The predicted molar refractivity (Wildman–Crippen MR) is 104 cm³/mol. The van der Waals surface area contributed by atoms with Crippen molar-refractivity contribution < 1.29 is 19.1 Å². The second-order valence-electron chi connectivity index (χ2n) is 6.28. The van der Waals surface area contributed by atoms with Gasteiger partial charge >= 0.3 is 11.9 Å². The summed E-state index contributed by atoms with van der Waals surface area (Å²) in [5.74, 6) is -1.05. The van der Waals surface area contributed by atoms with Crippen LogP contribution < -0.4 is 5.32 Å². The fourth-order valence-corrected chi connectivity index (χ4v) is 3.23. The van der Waals surface area contributed by atoms with Gasteiger partial charge in [-0.1, -0.05) is 6.07 Å². The number of pyridine rings is 1. The molecule has 1 aromatic rings. The zero-order valence-electron chi connectivity index (χ0n) is 15.7. The molecule has 0 saturated carbocycles. The minimum Gasteiger partial charge on any atom is -0.469 e. The number of carbonyl (C=O) groups excluding carboxylic acids is 2. The summed E-state index contributed by atoms with van der Waals surface area (Å²) in [5, 5.41) is 3.39. The van der Waals surface area contributed by atoms with Crippen molar-refractivity contribution in [2.24, 2.45) is 0 Å². The van der Waals surface area contributed by atoms with E-state index < -0.39 is 18.0 Å². The highest BCUT2D eigenvalue weighted by Crippen LogP contribution is 2.09. The van der Waals surface area contributed by atoms with E-state index in [9.17, 15) is 9.59 Å². The summed E-state index contributed by atoms with van der Waals surface area (Å²) in [6, 6.07) is 3.15. The Balaban J connectivity index is 1.90. The lowest BCUT2D eigenvalue weighted by Gasteiger charge is -2.27. The third kappa shape index (κ3) is 6.76. The average Bonchev–Trinajstić information content (AvgIpc) is 2.93. The lowest BCUT2D eigenvalue weighted by atomic mass is 10.2. The van der Waals surface area contributed by atoms with Crippen LogP contribution in [0.4, 0.5) is 0 Å². The molecular formula is C18H26N4O4S. The number of nitrogens with zero attached hydrogens (tertiary/aromatic N) is 3. The minimum atomic E-state index is -0.857. The van der Waals surface area contributed by atoms with Crippen LogP contribution in [-0.4, -0.2) is 78.3 Å². The van der Waals surface area contributed by atoms with E-state index in [0.29, 0.717) is 5.11 Å². The van der Waals surface area contributed by atoms with E-state index in [0.717, 1.165) is 39.1 Å². The van der Waals surface area contributed by atoms with Crippen molar-refractivity contribution in [3.8, 4) is 0 Å². The number of hydrogen-bond donors (Lipinski definition) is 1. The van der Waals surface area contributed by atoms with Crippen LogP contribution in [0.2, 0.25) is 0 Å². The van der Waals surface area contributed by atoms with E-state index in [2.05, 4.69) is 26.0 Å². The monoisotopic (exact) mass is 394 g/mol. The Morgan fingerprint density at radius 1 is 1.26 bits per heavy atom. The number of nitrogens with one attached hydrogen (secondary N) is 1. The van der Waals surface area contributed by atoms with Crippen molar-refractivity contribution in [1.29, 1.82) is 0 Å².